The van der Waals surface area contributed by atoms with Crippen molar-refractivity contribution in [3.05, 3.63) is 23.9 Å². The molecule has 0 spiro atoms. The average molecular weight is 308 g/mol. The third-order valence-electron chi connectivity index (χ3n) is 3.25. The Bertz CT molecular complexity index is 477. The Labute approximate surface area is 129 Å². The highest BCUT2D eigenvalue weighted by Crippen LogP contribution is 2.11. The van der Waals surface area contributed by atoms with E-state index in [1.807, 2.05) is 12.3 Å². The first-order valence-electron chi connectivity index (χ1n) is 7.23. The van der Waals surface area contributed by atoms with Crippen molar-refractivity contribution in [2.45, 2.75) is 19.3 Å². The summed E-state index contributed by atoms with van der Waals surface area (Å²) < 4.78 is 20.9. The standard InChI is InChI=1S/C15H20N2O5/c1-12-20-10-14(22-12)11-21-15(18)13(9-16)3-2-4-17-5-7-19-8-6-17/h2-4,12,14H,5-8,10-11H2,1H3/b4-2+,13-3+. The third kappa shape index (κ3) is 5.15. The second kappa shape index (κ2) is 8.54. The Balaban J connectivity index is 1.79. The quantitative estimate of drug-likeness (QED) is 0.318. The molecule has 2 fully saturated rings. The van der Waals surface area contributed by atoms with Gasteiger partial charge in [0.05, 0.1) is 19.8 Å². The molecule has 0 radical (unpaired) electrons. The van der Waals surface area contributed by atoms with Crippen LogP contribution < -0.4 is 0 Å². The van der Waals surface area contributed by atoms with Crippen LogP contribution in [0.25, 0.3) is 0 Å². The van der Waals surface area contributed by atoms with Crippen LogP contribution in [0.3, 0.4) is 0 Å². The lowest BCUT2D eigenvalue weighted by Gasteiger charge is -2.24. The van der Waals surface area contributed by atoms with Crippen LogP contribution in [0.1, 0.15) is 6.92 Å². The number of nitriles is 1. The summed E-state index contributed by atoms with van der Waals surface area (Å²) in [5, 5.41) is 9.02. The van der Waals surface area contributed by atoms with Crippen molar-refractivity contribution in [1.82, 2.24) is 4.90 Å². The second-order valence-electron chi connectivity index (χ2n) is 4.94. The molecule has 2 aliphatic rings. The summed E-state index contributed by atoms with van der Waals surface area (Å²) in [5.41, 5.74) is -0.0449. The van der Waals surface area contributed by atoms with E-state index in [0.29, 0.717) is 19.8 Å². The molecule has 0 aliphatic carbocycles. The van der Waals surface area contributed by atoms with Gasteiger partial charge in [0.1, 0.15) is 24.4 Å². The van der Waals surface area contributed by atoms with E-state index in [9.17, 15) is 4.79 Å². The predicted molar refractivity (Wildman–Crippen MR) is 76.5 cm³/mol. The molecule has 2 atom stereocenters. The molecule has 22 heavy (non-hydrogen) atoms. The van der Waals surface area contributed by atoms with E-state index in [1.54, 1.807) is 13.0 Å². The van der Waals surface area contributed by atoms with Gasteiger partial charge in [0.25, 0.3) is 0 Å². The predicted octanol–water partition coefficient (Wildman–Crippen LogP) is 0.587. The molecular weight excluding hydrogens is 288 g/mol. The maximum Gasteiger partial charge on any atom is 0.348 e. The Hall–Kier alpha value is -1.88. The third-order valence-corrected chi connectivity index (χ3v) is 3.25. The number of hydrogen-bond donors (Lipinski definition) is 0. The molecule has 0 aromatic carbocycles. The van der Waals surface area contributed by atoms with E-state index in [4.69, 9.17) is 24.2 Å². The van der Waals surface area contributed by atoms with Crippen LogP contribution >= 0.6 is 0 Å². The minimum atomic E-state index is -0.655. The summed E-state index contributed by atoms with van der Waals surface area (Å²) in [7, 11) is 0. The van der Waals surface area contributed by atoms with E-state index < -0.39 is 5.97 Å². The minimum Gasteiger partial charge on any atom is -0.459 e. The van der Waals surface area contributed by atoms with E-state index in [0.717, 1.165) is 13.1 Å². The number of allylic oxidation sites excluding steroid dienone is 2. The highest BCUT2D eigenvalue weighted by molar-refractivity contribution is 5.93. The molecule has 0 bridgehead atoms. The van der Waals surface area contributed by atoms with Crippen molar-refractivity contribution in [3.63, 3.8) is 0 Å². The van der Waals surface area contributed by atoms with Crippen LogP contribution in [0.5, 0.6) is 0 Å². The summed E-state index contributed by atoms with van der Waals surface area (Å²) in [6.07, 6.45) is 4.39. The number of nitrogens with zero attached hydrogens (tertiary/aromatic N) is 2. The molecule has 2 unspecified atom stereocenters. The molecule has 7 nitrogen and oxygen atoms in total. The fourth-order valence-electron chi connectivity index (χ4n) is 2.06. The molecule has 0 amide bonds. The maximum absolute atomic E-state index is 11.8. The van der Waals surface area contributed by atoms with Gasteiger partial charge in [-0.05, 0) is 25.3 Å². The largest absolute Gasteiger partial charge is 0.459 e. The van der Waals surface area contributed by atoms with Gasteiger partial charge in [-0.2, -0.15) is 5.26 Å². The molecular formula is C15H20N2O5. The topological polar surface area (TPSA) is 81.0 Å². The smallest absolute Gasteiger partial charge is 0.348 e. The molecule has 2 aliphatic heterocycles. The zero-order chi connectivity index (χ0) is 15.8. The van der Waals surface area contributed by atoms with Gasteiger partial charge in [0, 0.05) is 13.1 Å². The Morgan fingerprint density at radius 3 is 2.86 bits per heavy atom. The number of ether oxygens (including phenoxy) is 4. The summed E-state index contributed by atoms with van der Waals surface area (Å²) in [6.45, 7) is 5.21. The first-order chi connectivity index (χ1) is 10.7. The van der Waals surface area contributed by atoms with Crippen molar-refractivity contribution in [3.8, 4) is 6.07 Å². The van der Waals surface area contributed by atoms with Gasteiger partial charge < -0.3 is 23.8 Å². The number of esters is 1. The van der Waals surface area contributed by atoms with Crippen molar-refractivity contribution in [2.24, 2.45) is 0 Å². The lowest BCUT2D eigenvalue weighted by Crippen LogP contribution is -2.31. The molecule has 0 aromatic rings. The summed E-state index contributed by atoms with van der Waals surface area (Å²) >= 11 is 0. The average Bonchev–Trinajstić information content (AvgIpc) is 2.96. The zero-order valence-electron chi connectivity index (χ0n) is 12.6. The van der Waals surface area contributed by atoms with Crippen molar-refractivity contribution >= 4 is 5.97 Å². The Kier molecular flexibility index (Phi) is 6.40. The van der Waals surface area contributed by atoms with E-state index in [-0.39, 0.29) is 24.6 Å². The van der Waals surface area contributed by atoms with Crippen molar-refractivity contribution in [1.29, 1.82) is 5.26 Å². The van der Waals surface area contributed by atoms with Gasteiger partial charge in [-0.3, -0.25) is 0 Å². The number of carbonyl (C=O) groups is 1. The van der Waals surface area contributed by atoms with Crippen LogP contribution in [0.2, 0.25) is 0 Å². The Morgan fingerprint density at radius 1 is 1.45 bits per heavy atom. The number of rotatable bonds is 5. The van der Waals surface area contributed by atoms with Gasteiger partial charge in [-0.1, -0.05) is 0 Å². The first kappa shape index (κ1) is 16.5. The van der Waals surface area contributed by atoms with Crippen LogP contribution in [0.4, 0.5) is 0 Å². The molecule has 0 saturated carbocycles. The normalized spacial score (nSPS) is 26.2. The summed E-state index contributed by atoms with van der Waals surface area (Å²) in [5.74, 6) is -0.655. The minimum absolute atomic E-state index is 0.0449. The van der Waals surface area contributed by atoms with Crippen molar-refractivity contribution in [2.75, 3.05) is 39.5 Å². The van der Waals surface area contributed by atoms with Crippen molar-refractivity contribution < 1.29 is 23.7 Å². The monoisotopic (exact) mass is 308 g/mol. The number of morpholine rings is 1. The SMILES string of the molecule is CC1OCC(COC(=O)/C(C#N)=C/C=C/N2CCOCC2)O1. The molecule has 120 valence electrons. The fourth-order valence-corrected chi connectivity index (χ4v) is 2.06. The van der Waals surface area contributed by atoms with Crippen LogP contribution in [-0.4, -0.2) is 62.8 Å². The van der Waals surface area contributed by atoms with E-state index >= 15 is 0 Å². The summed E-state index contributed by atoms with van der Waals surface area (Å²) in [4.78, 5) is 13.9. The lowest BCUT2D eigenvalue weighted by molar-refractivity contribution is -0.142. The van der Waals surface area contributed by atoms with Gasteiger partial charge in [-0.25, -0.2) is 4.79 Å². The zero-order valence-corrected chi connectivity index (χ0v) is 12.6. The molecule has 2 rings (SSSR count). The Morgan fingerprint density at radius 2 is 2.23 bits per heavy atom. The molecule has 7 heteroatoms. The highest BCUT2D eigenvalue weighted by Gasteiger charge is 2.24. The fraction of sp³-hybridized carbons (Fsp3) is 0.600. The summed E-state index contributed by atoms with van der Waals surface area (Å²) in [6, 6.07) is 1.84. The van der Waals surface area contributed by atoms with Gasteiger partial charge in [-0.15, -0.1) is 0 Å². The maximum atomic E-state index is 11.8. The number of carbonyl (C=O) groups excluding carboxylic acids is 1. The van der Waals surface area contributed by atoms with E-state index in [2.05, 4.69) is 4.90 Å². The van der Waals surface area contributed by atoms with E-state index in [1.165, 1.54) is 6.08 Å². The molecule has 0 N–H and O–H groups in total. The van der Waals surface area contributed by atoms with Gasteiger partial charge >= 0.3 is 5.97 Å². The van der Waals surface area contributed by atoms with Crippen LogP contribution in [-0.2, 0) is 23.7 Å². The highest BCUT2D eigenvalue weighted by atomic mass is 16.7. The molecule has 0 aromatic heterocycles. The molecule has 2 heterocycles. The molecule has 2 saturated heterocycles. The first-order valence-corrected chi connectivity index (χ1v) is 7.23. The lowest BCUT2D eigenvalue weighted by atomic mass is 10.2. The van der Waals surface area contributed by atoms with Crippen LogP contribution in [0, 0.1) is 11.3 Å². The van der Waals surface area contributed by atoms with Gasteiger partial charge in [0.15, 0.2) is 6.29 Å². The van der Waals surface area contributed by atoms with Gasteiger partial charge in [0.2, 0.25) is 0 Å². The number of hydrogen-bond acceptors (Lipinski definition) is 7. The second-order valence-corrected chi connectivity index (χ2v) is 4.94. The van der Waals surface area contributed by atoms with Crippen LogP contribution in [0.15, 0.2) is 23.9 Å².